The van der Waals surface area contributed by atoms with Crippen LogP contribution in [-0.2, 0) is 0 Å². The molecule has 0 radical (unpaired) electrons. The van der Waals surface area contributed by atoms with Gasteiger partial charge >= 0.3 is 0 Å². The molecule has 0 aromatic carbocycles. The van der Waals surface area contributed by atoms with Gasteiger partial charge in [-0.25, -0.2) is 0 Å². The van der Waals surface area contributed by atoms with E-state index in [2.05, 4.69) is 48.5 Å². The Morgan fingerprint density at radius 1 is 0.917 bits per heavy atom. The van der Waals surface area contributed by atoms with Gasteiger partial charge in [-0.3, -0.25) is 0 Å². The van der Waals surface area contributed by atoms with Crippen molar-refractivity contribution in [1.82, 2.24) is 0 Å². The van der Waals surface area contributed by atoms with E-state index in [4.69, 9.17) is 0 Å². The molecule has 1 aliphatic carbocycles. The standard InChI is InChI=1S/C12H24/c1-8-9(2)12(7,10(8)3)11(4,5)6/h8-10H,1-7H3. The summed E-state index contributed by atoms with van der Waals surface area (Å²) in [6.45, 7) is 16.8. The Labute approximate surface area is 77.7 Å². The predicted octanol–water partition coefficient (Wildman–Crippen LogP) is 3.96. The number of hydrogen-bond acceptors (Lipinski definition) is 0. The Morgan fingerprint density at radius 3 is 1.42 bits per heavy atom. The molecule has 1 aliphatic rings. The van der Waals surface area contributed by atoms with Gasteiger partial charge in [-0.2, -0.15) is 0 Å². The zero-order valence-corrected chi connectivity index (χ0v) is 9.73. The molecule has 0 amide bonds. The molecular weight excluding hydrogens is 144 g/mol. The molecule has 0 saturated heterocycles. The maximum absolute atomic E-state index is 2.46. The molecule has 0 heterocycles. The molecule has 72 valence electrons. The van der Waals surface area contributed by atoms with E-state index in [0.29, 0.717) is 10.8 Å². The summed E-state index contributed by atoms with van der Waals surface area (Å²) in [5, 5.41) is 0. The Bertz CT molecular complexity index is 163. The van der Waals surface area contributed by atoms with Gasteiger partial charge in [0.05, 0.1) is 0 Å². The van der Waals surface area contributed by atoms with E-state index in [0.717, 1.165) is 17.8 Å². The highest BCUT2D eigenvalue weighted by molar-refractivity contribution is 5.05. The van der Waals surface area contributed by atoms with Crippen molar-refractivity contribution in [2.45, 2.75) is 48.5 Å². The minimum Gasteiger partial charge on any atom is -0.0620 e. The average molecular weight is 168 g/mol. The van der Waals surface area contributed by atoms with Crippen LogP contribution in [0, 0.1) is 28.6 Å². The Hall–Kier alpha value is 0. The molecule has 0 nitrogen and oxygen atoms in total. The quantitative estimate of drug-likeness (QED) is 0.513. The van der Waals surface area contributed by atoms with Crippen molar-refractivity contribution in [3.8, 4) is 0 Å². The van der Waals surface area contributed by atoms with Crippen molar-refractivity contribution in [3.05, 3.63) is 0 Å². The van der Waals surface area contributed by atoms with Crippen molar-refractivity contribution in [2.75, 3.05) is 0 Å². The topological polar surface area (TPSA) is 0 Å². The zero-order chi connectivity index (χ0) is 9.73. The summed E-state index contributed by atoms with van der Waals surface area (Å²) in [7, 11) is 0. The first-order chi connectivity index (χ1) is 5.23. The number of rotatable bonds is 0. The second-order valence-electron chi connectivity index (χ2n) is 5.97. The van der Waals surface area contributed by atoms with Crippen LogP contribution in [0.15, 0.2) is 0 Å². The maximum Gasteiger partial charge on any atom is -0.0221 e. The summed E-state index contributed by atoms with van der Waals surface area (Å²) in [4.78, 5) is 0. The molecule has 0 N–H and O–H groups in total. The Morgan fingerprint density at radius 2 is 1.25 bits per heavy atom. The van der Waals surface area contributed by atoms with E-state index in [9.17, 15) is 0 Å². The lowest BCUT2D eigenvalue weighted by atomic mass is 9.41. The van der Waals surface area contributed by atoms with Crippen LogP contribution < -0.4 is 0 Å². The molecule has 12 heavy (non-hydrogen) atoms. The summed E-state index contributed by atoms with van der Waals surface area (Å²) in [6.07, 6.45) is 0. The molecule has 0 aromatic heterocycles. The minimum atomic E-state index is 0.457. The highest BCUT2D eigenvalue weighted by atomic mass is 14.6. The zero-order valence-electron chi connectivity index (χ0n) is 9.73. The highest BCUT2D eigenvalue weighted by Crippen LogP contribution is 2.63. The van der Waals surface area contributed by atoms with E-state index < -0.39 is 0 Å². The second-order valence-corrected chi connectivity index (χ2v) is 5.97. The molecule has 0 aromatic rings. The molecule has 1 saturated carbocycles. The smallest absolute Gasteiger partial charge is 0.0221 e. The molecule has 2 atom stereocenters. The van der Waals surface area contributed by atoms with Crippen LogP contribution in [0.1, 0.15) is 48.5 Å². The first-order valence-corrected chi connectivity index (χ1v) is 5.23. The van der Waals surface area contributed by atoms with E-state index in [1.807, 2.05) is 0 Å². The fraction of sp³-hybridized carbons (Fsp3) is 1.00. The summed E-state index contributed by atoms with van der Waals surface area (Å²) >= 11 is 0. The normalized spacial score (nSPS) is 48.8. The van der Waals surface area contributed by atoms with E-state index >= 15 is 0 Å². The SMILES string of the molecule is CC1C(C)C(C)(C(C)(C)C)C1C. The van der Waals surface area contributed by atoms with Gasteiger partial charge in [0.1, 0.15) is 0 Å². The Balaban J connectivity index is 2.88. The first-order valence-electron chi connectivity index (χ1n) is 5.23. The lowest BCUT2D eigenvalue weighted by molar-refractivity contribution is -0.154. The van der Waals surface area contributed by atoms with Gasteiger partial charge in [-0.15, -0.1) is 0 Å². The molecule has 0 heteroatoms. The lowest BCUT2D eigenvalue weighted by Gasteiger charge is -2.63. The van der Waals surface area contributed by atoms with Crippen LogP contribution in [0.4, 0.5) is 0 Å². The third-order valence-electron chi connectivity index (χ3n) is 5.09. The van der Waals surface area contributed by atoms with Gasteiger partial charge in [0.2, 0.25) is 0 Å². The van der Waals surface area contributed by atoms with Crippen molar-refractivity contribution in [3.63, 3.8) is 0 Å². The van der Waals surface area contributed by atoms with Crippen molar-refractivity contribution < 1.29 is 0 Å². The molecule has 0 spiro atoms. The molecule has 1 rings (SSSR count). The van der Waals surface area contributed by atoms with Gasteiger partial charge in [0.15, 0.2) is 0 Å². The van der Waals surface area contributed by atoms with Crippen molar-refractivity contribution in [2.24, 2.45) is 28.6 Å². The molecular formula is C12H24. The van der Waals surface area contributed by atoms with E-state index in [-0.39, 0.29) is 0 Å². The van der Waals surface area contributed by atoms with E-state index in [1.54, 1.807) is 0 Å². The van der Waals surface area contributed by atoms with Crippen LogP contribution >= 0.6 is 0 Å². The van der Waals surface area contributed by atoms with Crippen molar-refractivity contribution >= 4 is 0 Å². The molecule has 0 aliphatic heterocycles. The maximum atomic E-state index is 2.46. The minimum absolute atomic E-state index is 0.457. The molecule has 2 unspecified atom stereocenters. The highest BCUT2D eigenvalue weighted by Gasteiger charge is 2.57. The van der Waals surface area contributed by atoms with Crippen LogP contribution in [0.5, 0.6) is 0 Å². The summed E-state index contributed by atoms with van der Waals surface area (Å²) in [5.41, 5.74) is 1.00. The summed E-state index contributed by atoms with van der Waals surface area (Å²) < 4.78 is 0. The van der Waals surface area contributed by atoms with Gasteiger partial charge in [-0.1, -0.05) is 48.5 Å². The third kappa shape index (κ3) is 0.963. The lowest BCUT2D eigenvalue weighted by Crippen LogP contribution is -2.58. The largest absolute Gasteiger partial charge is 0.0620 e. The van der Waals surface area contributed by atoms with Gasteiger partial charge in [-0.05, 0) is 28.6 Å². The van der Waals surface area contributed by atoms with Crippen molar-refractivity contribution in [1.29, 1.82) is 0 Å². The predicted molar refractivity (Wildman–Crippen MR) is 55.1 cm³/mol. The molecule has 1 fully saturated rings. The van der Waals surface area contributed by atoms with Gasteiger partial charge < -0.3 is 0 Å². The monoisotopic (exact) mass is 168 g/mol. The van der Waals surface area contributed by atoms with Crippen LogP contribution in [0.2, 0.25) is 0 Å². The fourth-order valence-electron chi connectivity index (χ4n) is 3.19. The van der Waals surface area contributed by atoms with Crippen LogP contribution in [0.3, 0.4) is 0 Å². The average Bonchev–Trinajstić information content (AvgIpc) is 1.98. The van der Waals surface area contributed by atoms with E-state index in [1.165, 1.54) is 0 Å². The van der Waals surface area contributed by atoms with Crippen LogP contribution in [0.25, 0.3) is 0 Å². The fourth-order valence-corrected chi connectivity index (χ4v) is 3.19. The van der Waals surface area contributed by atoms with Gasteiger partial charge in [0.25, 0.3) is 0 Å². The van der Waals surface area contributed by atoms with Crippen LogP contribution in [-0.4, -0.2) is 0 Å². The second kappa shape index (κ2) is 2.49. The van der Waals surface area contributed by atoms with Gasteiger partial charge in [0, 0.05) is 0 Å². The third-order valence-corrected chi connectivity index (χ3v) is 5.09. The summed E-state index contributed by atoms with van der Waals surface area (Å²) in [6, 6.07) is 0. The Kier molecular flexibility index (Phi) is 2.10. The first kappa shape index (κ1) is 10.1. The number of hydrogen-bond donors (Lipinski definition) is 0. The molecule has 0 bridgehead atoms. The summed E-state index contributed by atoms with van der Waals surface area (Å²) in [5.74, 6) is 2.68.